The maximum atomic E-state index is 5.74. The number of nitrogens with two attached hydrogens (primary N) is 1. The van der Waals surface area contributed by atoms with Gasteiger partial charge in [-0.3, -0.25) is 4.99 Å². The van der Waals surface area contributed by atoms with Crippen molar-refractivity contribution in [3.63, 3.8) is 0 Å². The molecule has 0 atom stereocenters. The Morgan fingerprint density at radius 1 is 1.56 bits per heavy atom. The van der Waals surface area contributed by atoms with Crippen LogP contribution in [0.4, 0.5) is 0 Å². The predicted molar refractivity (Wildman–Crippen MR) is 89.9 cm³/mol. The highest BCUT2D eigenvalue weighted by Crippen LogP contribution is 2.13. The van der Waals surface area contributed by atoms with E-state index in [2.05, 4.69) is 36.1 Å². The molecule has 0 aliphatic heterocycles. The van der Waals surface area contributed by atoms with E-state index in [0.717, 1.165) is 30.9 Å². The molecule has 0 saturated carbocycles. The second kappa shape index (κ2) is 9.55. The van der Waals surface area contributed by atoms with Crippen molar-refractivity contribution in [1.29, 1.82) is 0 Å². The summed E-state index contributed by atoms with van der Waals surface area (Å²) >= 11 is 1.77. The molecule has 0 fully saturated rings. The van der Waals surface area contributed by atoms with Crippen molar-refractivity contribution >= 4 is 41.3 Å². The third-order valence-electron chi connectivity index (χ3n) is 2.22. The molecule has 18 heavy (non-hydrogen) atoms. The lowest BCUT2D eigenvalue weighted by molar-refractivity contribution is 0.661. The summed E-state index contributed by atoms with van der Waals surface area (Å²) in [6.07, 6.45) is 3.92. The quantitative estimate of drug-likeness (QED) is 0.451. The summed E-state index contributed by atoms with van der Waals surface area (Å²) in [5.74, 6) is 1.08. The summed E-state index contributed by atoms with van der Waals surface area (Å²) < 4.78 is 0. The summed E-state index contributed by atoms with van der Waals surface area (Å²) in [7, 11) is 0. The number of thiazole rings is 1. The molecule has 104 valence electrons. The molecule has 4 nitrogen and oxygen atoms in total. The van der Waals surface area contributed by atoms with Gasteiger partial charge < -0.3 is 11.1 Å². The first-order chi connectivity index (χ1) is 8.11. The fraction of sp³-hybridized carbons (Fsp3) is 0.667. The fourth-order valence-electron chi connectivity index (χ4n) is 1.26. The number of guanidine groups is 1. The Bertz CT molecular complexity index is 363. The van der Waals surface area contributed by atoms with Crippen LogP contribution in [-0.2, 0) is 12.8 Å². The van der Waals surface area contributed by atoms with Crippen molar-refractivity contribution in [2.75, 3.05) is 13.1 Å². The minimum absolute atomic E-state index is 0. The van der Waals surface area contributed by atoms with Gasteiger partial charge in [-0.05, 0) is 12.3 Å². The van der Waals surface area contributed by atoms with Crippen molar-refractivity contribution in [3.05, 3.63) is 16.1 Å². The van der Waals surface area contributed by atoms with Gasteiger partial charge in [0.15, 0.2) is 5.96 Å². The highest BCUT2D eigenvalue weighted by atomic mass is 127. The van der Waals surface area contributed by atoms with Crippen LogP contribution >= 0.6 is 35.3 Å². The smallest absolute Gasteiger partial charge is 0.188 e. The summed E-state index contributed by atoms with van der Waals surface area (Å²) in [5, 5.41) is 4.27. The molecule has 1 aromatic rings. The SMILES string of the molecule is CCc1cnc(CCNC(N)=NCC(C)C)s1.I. The minimum atomic E-state index is 0. The molecule has 0 aliphatic carbocycles. The second-order valence-electron chi connectivity index (χ2n) is 4.37. The van der Waals surface area contributed by atoms with E-state index < -0.39 is 0 Å². The van der Waals surface area contributed by atoms with Gasteiger partial charge in [0.05, 0.1) is 5.01 Å². The maximum absolute atomic E-state index is 5.74. The summed E-state index contributed by atoms with van der Waals surface area (Å²) in [4.78, 5) is 9.93. The molecule has 1 aromatic heterocycles. The van der Waals surface area contributed by atoms with Crippen LogP contribution < -0.4 is 11.1 Å². The Hall–Kier alpha value is -0.370. The van der Waals surface area contributed by atoms with Crippen molar-refractivity contribution in [2.45, 2.75) is 33.6 Å². The topological polar surface area (TPSA) is 63.3 Å². The van der Waals surface area contributed by atoms with E-state index in [1.165, 1.54) is 4.88 Å². The number of aliphatic imine (C=N–C) groups is 1. The first kappa shape index (κ1) is 17.6. The molecular weight excluding hydrogens is 359 g/mol. The third-order valence-corrected chi connectivity index (χ3v) is 3.42. The molecule has 1 heterocycles. The summed E-state index contributed by atoms with van der Waals surface area (Å²) in [5.41, 5.74) is 5.74. The number of aryl methyl sites for hydroxylation is 1. The maximum Gasteiger partial charge on any atom is 0.188 e. The number of hydrogen-bond donors (Lipinski definition) is 2. The van der Waals surface area contributed by atoms with Crippen molar-refractivity contribution in [2.24, 2.45) is 16.6 Å². The zero-order chi connectivity index (χ0) is 12.7. The van der Waals surface area contributed by atoms with Gasteiger partial charge in [0.1, 0.15) is 0 Å². The van der Waals surface area contributed by atoms with Crippen LogP contribution in [0.5, 0.6) is 0 Å². The van der Waals surface area contributed by atoms with Gasteiger partial charge >= 0.3 is 0 Å². The van der Waals surface area contributed by atoms with Gasteiger partial charge in [-0.15, -0.1) is 35.3 Å². The van der Waals surface area contributed by atoms with Crippen LogP contribution in [0.15, 0.2) is 11.2 Å². The number of nitrogens with one attached hydrogen (secondary N) is 1. The Morgan fingerprint density at radius 3 is 2.83 bits per heavy atom. The Kier molecular flexibility index (Phi) is 9.35. The summed E-state index contributed by atoms with van der Waals surface area (Å²) in [6, 6.07) is 0. The Balaban J connectivity index is 0.00000289. The van der Waals surface area contributed by atoms with Gasteiger partial charge in [0.2, 0.25) is 0 Å². The van der Waals surface area contributed by atoms with E-state index in [9.17, 15) is 0 Å². The van der Waals surface area contributed by atoms with E-state index in [-0.39, 0.29) is 24.0 Å². The van der Waals surface area contributed by atoms with E-state index in [1.54, 1.807) is 11.3 Å². The van der Waals surface area contributed by atoms with E-state index in [1.807, 2.05) is 6.20 Å². The van der Waals surface area contributed by atoms with Crippen LogP contribution in [0.25, 0.3) is 0 Å². The molecule has 0 aromatic carbocycles. The summed E-state index contributed by atoms with van der Waals surface area (Å²) in [6.45, 7) is 7.96. The van der Waals surface area contributed by atoms with Crippen LogP contribution in [0.3, 0.4) is 0 Å². The molecule has 0 unspecified atom stereocenters. The van der Waals surface area contributed by atoms with Crippen LogP contribution in [0.1, 0.15) is 30.7 Å². The normalized spacial score (nSPS) is 11.4. The monoisotopic (exact) mass is 382 g/mol. The molecule has 1 rings (SSSR count). The van der Waals surface area contributed by atoms with Gasteiger partial charge in [-0.25, -0.2) is 4.98 Å². The van der Waals surface area contributed by atoms with E-state index >= 15 is 0 Å². The molecular formula is C12H23IN4S. The predicted octanol–water partition coefficient (Wildman–Crippen LogP) is 2.43. The highest BCUT2D eigenvalue weighted by molar-refractivity contribution is 14.0. The Morgan fingerprint density at radius 2 is 2.28 bits per heavy atom. The average Bonchev–Trinajstić information content (AvgIpc) is 2.74. The average molecular weight is 382 g/mol. The largest absolute Gasteiger partial charge is 0.370 e. The number of rotatable bonds is 6. The van der Waals surface area contributed by atoms with Crippen molar-refractivity contribution in [3.8, 4) is 0 Å². The number of hydrogen-bond acceptors (Lipinski definition) is 3. The molecule has 0 saturated heterocycles. The van der Waals surface area contributed by atoms with Gasteiger partial charge in [0, 0.05) is 30.6 Å². The number of nitrogens with zero attached hydrogens (tertiary/aromatic N) is 2. The van der Waals surface area contributed by atoms with Crippen molar-refractivity contribution < 1.29 is 0 Å². The molecule has 6 heteroatoms. The van der Waals surface area contributed by atoms with E-state index in [0.29, 0.717) is 11.9 Å². The van der Waals surface area contributed by atoms with Gasteiger partial charge in [-0.2, -0.15) is 0 Å². The first-order valence-corrected chi connectivity index (χ1v) is 6.90. The standard InChI is InChI=1S/C12H22N4S.HI/c1-4-10-8-15-11(17-10)5-6-14-12(13)16-7-9(2)3;/h8-9H,4-7H2,1-3H3,(H3,13,14,16);1H. The molecule has 0 spiro atoms. The van der Waals surface area contributed by atoms with Crippen LogP contribution in [0.2, 0.25) is 0 Å². The molecule has 0 aliphatic rings. The zero-order valence-corrected chi connectivity index (χ0v) is 14.4. The zero-order valence-electron chi connectivity index (χ0n) is 11.3. The molecule has 3 N–H and O–H groups in total. The lowest BCUT2D eigenvalue weighted by atomic mass is 10.2. The highest BCUT2D eigenvalue weighted by Gasteiger charge is 2.00. The second-order valence-corrected chi connectivity index (χ2v) is 5.57. The first-order valence-electron chi connectivity index (χ1n) is 6.09. The molecule has 0 radical (unpaired) electrons. The van der Waals surface area contributed by atoms with Gasteiger partial charge in [0.25, 0.3) is 0 Å². The lowest BCUT2D eigenvalue weighted by Gasteiger charge is -2.05. The lowest BCUT2D eigenvalue weighted by Crippen LogP contribution is -2.33. The van der Waals surface area contributed by atoms with Gasteiger partial charge in [-0.1, -0.05) is 20.8 Å². The number of halogens is 1. The fourth-order valence-corrected chi connectivity index (χ4v) is 2.12. The van der Waals surface area contributed by atoms with Crippen LogP contribution in [-0.4, -0.2) is 24.0 Å². The third kappa shape index (κ3) is 7.15. The molecule has 0 amide bonds. The van der Waals surface area contributed by atoms with Crippen molar-refractivity contribution in [1.82, 2.24) is 10.3 Å². The number of aromatic nitrogens is 1. The van der Waals surface area contributed by atoms with E-state index in [4.69, 9.17) is 5.73 Å². The minimum Gasteiger partial charge on any atom is -0.370 e. The Labute approximate surface area is 131 Å². The molecule has 0 bridgehead atoms. The van der Waals surface area contributed by atoms with Crippen LogP contribution in [0, 0.1) is 5.92 Å².